The molecule has 4 amide bonds. The quantitative estimate of drug-likeness (QED) is 0.0353. The number of esters is 1. The van der Waals surface area contributed by atoms with Crippen LogP contribution in [0.4, 0.5) is 0 Å². The van der Waals surface area contributed by atoms with Crippen LogP contribution in [0.25, 0.3) is 0 Å². The van der Waals surface area contributed by atoms with Gasteiger partial charge in [0.15, 0.2) is 0 Å². The summed E-state index contributed by atoms with van der Waals surface area (Å²) in [6.07, 6.45) is 9.13. The van der Waals surface area contributed by atoms with Gasteiger partial charge in [-0.1, -0.05) is 98.8 Å². The van der Waals surface area contributed by atoms with Gasteiger partial charge in [0.1, 0.15) is 24.9 Å². The average Bonchev–Trinajstić information content (AvgIpc) is 3.93. The lowest BCUT2D eigenvalue weighted by molar-refractivity contribution is -0.157. The normalized spacial score (nSPS) is 18.2. The highest BCUT2D eigenvalue weighted by atomic mass is 16.5. The second-order valence-corrected chi connectivity index (χ2v) is 14.7. The number of rotatable bonds is 28. The molecule has 1 rings (SSSR count). The summed E-state index contributed by atoms with van der Waals surface area (Å²) in [6.45, 7) is 10.1. The Morgan fingerprint density at radius 1 is 0.882 bits per heavy atom. The van der Waals surface area contributed by atoms with Crippen LogP contribution < -0.4 is 27.4 Å². The number of nitrogens with two attached hydrogens (primary N) is 2. The number of nitrogens with one attached hydrogen (secondary N) is 3. The minimum Gasteiger partial charge on any atom is -0.460 e. The molecule has 0 bridgehead atoms. The van der Waals surface area contributed by atoms with Gasteiger partial charge in [-0.2, -0.15) is 0 Å². The fraction of sp³-hybridized carbons (Fsp3) is 0.865. The highest BCUT2D eigenvalue weighted by molar-refractivity contribution is 5.89. The summed E-state index contributed by atoms with van der Waals surface area (Å²) in [5, 5.41) is 29.4. The van der Waals surface area contributed by atoms with Crippen LogP contribution in [0.5, 0.6) is 0 Å². The first kappa shape index (κ1) is 46.2. The van der Waals surface area contributed by atoms with Gasteiger partial charge < -0.3 is 42.0 Å². The summed E-state index contributed by atoms with van der Waals surface area (Å²) >= 11 is 0. The zero-order valence-electron chi connectivity index (χ0n) is 32.3. The van der Waals surface area contributed by atoms with Crippen LogP contribution in [-0.2, 0) is 28.7 Å². The highest BCUT2D eigenvalue weighted by Crippen LogP contribution is 2.36. The van der Waals surface area contributed by atoms with E-state index in [1.54, 1.807) is 20.9 Å². The molecule has 0 aromatic rings. The lowest BCUT2D eigenvalue weighted by atomic mass is 9.94. The number of nitrogens with zero attached hydrogens (tertiary/aromatic N) is 1. The Morgan fingerprint density at radius 2 is 1.47 bits per heavy atom. The van der Waals surface area contributed by atoms with Gasteiger partial charge >= 0.3 is 5.97 Å². The SMILES string of the molecule is CCCCCCCCCC[C@@H](OC(=O)CNC(=O)[C@@H](C)[C@H](C)O)[C@@H](C)C(=O)N(C)[C@@H](CC1CC1)C(O)N[C@H](C(=O)N[C@@H](CN)C(N)=O)[C@H](C)CC. The van der Waals surface area contributed by atoms with E-state index in [9.17, 15) is 34.2 Å². The van der Waals surface area contributed by atoms with Gasteiger partial charge in [0.2, 0.25) is 23.6 Å². The van der Waals surface area contributed by atoms with Gasteiger partial charge in [0.05, 0.1) is 30.0 Å². The summed E-state index contributed by atoms with van der Waals surface area (Å²) in [6, 6.07) is -2.66. The number of ether oxygens (including phenoxy) is 1. The monoisotopic (exact) mass is 727 g/mol. The largest absolute Gasteiger partial charge is 0.460 e. The third-order valence-electron chi connectivity index (χ3n) is 10.3. The number of hydrogen-bond donors (Lipinski definition) is 7. The zero-order valence-corrected chi connectivity index (χ0v) is 32.3. The molecule has 1 aliphatic rings. The number of unbranched alkanes of at least 4 members (excludes halogenated alkanes) is 7. The van der Waals surface area contributed by atoms with Crippen molar-refractivity contribution in [2.75, 3.05) is 20.1 Å². The van der Waals surface area contributed by atoms with Crippen LogP contribution in [0.2, 0.25) is 0 Å². The van der Waals surface area contributed by atoms with Crippen molar-refractivity contribution < 1.29 is 38.9 Å². The molecule has 0 aromatic carbocycles. The van der Waals surface area contributed by atoms with Crippen LogP contribution in [-0.4, -0.2) is 101 Å². The van der Waals surface area contributed by atoms with Crippen molar-refractivity contribution in [1.29, 1.82) is 0 Å². The maximum absolute atomic E-state index is 14.1. The fourth-order valence-electron chi connectivity index (χ4n) is 6.01. The third kappa shape index (κ3) is 17.0. The smallest absolute Gasteiger partial charge is 0.325 e. The molecule has 9 N–H and O–H groups in total. The molecule has 1 saturated carbocycles. The summed E-state index contributed by atoms with van der Waals surface area (Å²) in [7, 11) is 1.61. The lowest BCUT2D eigenvalue weighted by Crippen LogP contribution is -2.61. The minimum atomic E-state index is -1.29. The van der Waals surface area contributed by atoms with E-state index >= 15 is 0 Å². The number of carbonyl (C=O) groups excluding carboxylic acids is 5. The zero-order chi connectivity index (χ0) is 38.7. The Hall–Kier alpha value is -2.81. The molecule has 0 aliphatic heterocycles. The molecule has 0 saturated heterocycles. The Balaban J connectivity index is 3.13. The van der Waals surface area contributed by atoms with E-state index in [1.165, 1.54) is 37.5 Å². The summed E-state index contributed by atoms with van der Waals surface area (Å²) < 4.78 is 5.83. The molecule has 1 unspecified atom stereocenters. The van der Waals surface area contributed by atoms with Gasteiger partial charge in [0, 0.05) is 13.6 Å². The molecule has 14 nitrogen and oxygen atoms in total. The minimum absolute atomic E-state index is 0.172. The van der Waals surface area contributed by atoms with Gasteiger partial charge in [-0.25, -0.2) is 0 Å². The van der Waals surface area contributed by atoms with E-state index in [2.05, 4.69) is 22.9 Å². The summed E-state index contributed by atoms with van der Waals surface area (Å²) in [5.74, 6) is -4.19. The van der Waals surface area contributed by atoms with Crippen molar-refractivity contribution in [1.82, 2.24) is 20.9 Å². The molecule has 296 valence electrons. The molecule has 14 heteroatoms. The predicted octanol–water partition coefficient (Wildman–Crippen LogP) is 2.08. The Labute approximate surface area is 305 Å². The number of hydrogen-bond acceptors (Lipinski definition) is 10. The third-order valence-corrected chi connectivity index (χ3v) is 10.3. The molecule has 0 aromatic heterocycles. The van der Waals surface area contributed by atoms with Crippen LogP contribution in [0.1, 0.15) is 125 Å². The number of amides is 4. The second kappa shape index (κ2) is 24.4. The maximum Gasteiger partial charge on any atom is 0.325 e. The van der Waals surface area contributed by atoms with Gasteiger partial charge in [-0.15, -0.1) is 0 Å². The van der Waals surface area contributed by atoms with E-state index in [-0.39, 0.29) is 18.4 Å². The number of primary amides is 1. The molecule has 1 aliphatic carbocycles. The fourth-order valence-corrected chi connectivity index (χ4v) is 6.01. The van der Waals surface area contributed by atoms with Crippen molar-refractivity contribution in [3.8, 4) is 0 Å². The van der Waals surface area contributed by atoms with Crippen LogP contribution >= 0.6 is 0 Å². The molecule has 9 atom stereocenters. The first-order chi connectivity index (χ1) is 24.1. The van der Waals surface area contributed by atoms with Crippen molar-refractivity contribution in [3.63, 3.8) is 0 Å². The van der Waals surface area contributed by atoms with Crippen molar-refractivity contribution in [2.45, 2.75) is 162 Å². The standard InChI is InChI=1S/C37H70N6O8/c1-8-10-11-12-13-14-15-16-17-30(51-31(45)22-40-34(47)24(4)26(6)44)25(5)37(50)43(7)29(20-27-18-19-27)35(48)42-32(23(3)9-2)36(49)41-28(21-38)33(39)46/h23-30,32,35,42,44,48H,8-22,38H2,1-7H3,(H2,39,46)(H,40,47)(H,41,49)/t23-,24+,25-,26+,28+,29+,30-,32+,35?/m1/s1. The Kier molecular flexibility index (Phi) is 22.1. The number of aliphatic hydroxyl groups excluding tert-OH is 2. The Bertz CT molecular complexity index is 1070. The van der Waals surface area contributed by atoms with Crippen LogP contribution in [0.3, 0.4) is 0 Å². The number of carbonyl (C=O) groups is 5. The molecule has 0 spiro atoms. The summed E-state index contributed by atoms with van der Waals surface area (Å²) in [5.41, 5.74) is 11.0. The summed E-state index contributed by atoms with van der Waals surface area (Å²) in [4.78, 5) is 65.9. The van der Waals surface area contributed by atoms with E-state index < -0.39 is 78.6 Å². The number of aliphatic hydroxyl groups is 2. The first-order valence-corrected chi connectivity index (χ1v) is 19.2. The molecule has 1 fully saturated rings. The van der Waals surface area contributed by atoms with Crippen molar-refractivity contribution in [3.05, 3.63) is 0 Å². The number of likely N-dealkylation sites (N-methyl/N-ethyl adjacent to an activating group) is 1. The molecule has 51 heavy (non-hydrogen) atoms. The van der Waals surface area contributed by atoms with Gasteiger partial charge in [0.25, 0.3) is 0 Å². The Morgan fingerprint density at radius 3 is 1.98 bits per heavy atom. The van der Waals surface area contributed by atoms with E-state index in [0.29, 0.717) is 25.2 Å². The van der Waals surface area contributed by atoms with Gasteiger partial charge in [-0.3, -0.25) is 29.3 Å². The topological polar surface area (TPSA) is 226 Å². The van der Waals surface area contributed by atoms with E-state index in [0.717, 1.165) is 38.5 Å². The average molecular weight is 727 g/mol. The van der Waals surface area contributed by atoms with Gasteiger partial charge in [-0.05, 0) is 38.0 Å². The maximum atomic E-state index is 14.1. The van der Waals surface area contributed by atoms with E-state index in [4.69, 9.17) is 16.2 Å². The van der Waals surface area contributed by atoms with E-state index in [1.807, 2.05) is 13.8 Å². The first-order valence-electron chi connectivity index (χ1n) is 19.2. The van der Waals surface area contributed by atoms with Crippen molar-refractivity contribution >= 4 is 29.6 Å². The highest BCUT2D eigenvalue weighted by Gasteiger charge is 2.39. The lowest BCUT2D eigenvalue weighted by Gasteiger charge is -2.37. The van der Waals surface area contributed by atoms with Crippen molar-refractivity contribution in [2.24, 2.45) is 35.1 Å². The predicted molar refractivity (Wildman–Crippen MR) is 197 cm³/mol. The van der Waals surface area contributed by atoms with Crippen LogP contribution in [0, 0.1) is 23.7 Å². The molecular weight excluding hydrogens is 656 g/mol. The molecule has 0 heterocycles. The van der Waals surface area contributed by atoms with Crippen LogP contribution in [0.15, 0.2) is 0 Å². The molecular formula is C37H70N6O8. The second-order valence-electron chi connectivity index (χ2n) is 14.7. The molecule has 0 radical (unpaired) electrons.